The average molecular weight is 264 g/mol. The molecule has 2 rings (SSSR count). The lowest BCUT2D eigenvalue weighted by Gasteiger charge is -2.26. The summed E-state index contributed by atoms with van der Waals surface area (Å²) in [5, 5.41) is 5.34. The third-order valence-corrected chi connectivity index (χ3v) is 2.67. The van der Waals surface area contributed by atoms with Crippen LogP contribution in [0.3, 0.4) is 0 Å². The van der Waals surface area contributed by atoms with Crippen molar-refractivity contribution in [2.45, 2.75) is 38.8 Å². The lowest BCUT2D eigenvalue weighted by molar-refractivity contribution is 0.0195. The second-order valence-corrected chi connectivity index (χ2v) is 5.43. The fraction of sp³-hybridized carbons (Fsp3) is 0.429. The second-order valence-electron chi connectivity index (χ2n) is 5.43. The third-order valence-electron chi connectivity index (χ3n) is 2.67. The molecule has 0 saturated heterocycles. The van der Waals surface area contributed by atoms with Crippen LogP contribution in [-0.2, 0) is 4.74 Å². The lowest BCUT2D eigenvalue weighted by atomic mass is 10.0. The van der Waals surface area contributed by atoms with Gasteiger partial charge >= 0.3 is 6.09 Å². The summed E-state index contributed by atoms with van der Waals surface area (Å²) in [6, 6.07) is 5.84. The van der Waals surface area contributed by atoms with Crippen LogP contribution in [0.15, 0.2) is 29.4 Å². The van der Waals surface area contributed by atoms with Gasteiger partial charge < -0.3 is 4.74 Å². The standard InChI is InChI=1S/C14H17FN2O2/c1-14(2,3)19-13(18)17-12(8-9-16-17)10-4-6-11(15)7-5-10/h4-7,9,12H,8H2,1-3H3/t12-/m0/s1. The zero-order chi connectivity index (χ0) is 14.0. The van der Waals surface area contributed by atoms with Crippen LogP contribution in [0.5, 0.6) is 0 Å². The SMILES string of the molecule is CC(C)(C)OC(=O)N1N=CC[C@H]1c1ccc(F)cc1. The molecule has 1 aromatic rings. The Morgan fingerprint density at radius 2 is 2.00 bits per heavy atom. The van der Waals surface area contributed by atoms with Gasteiger partial charge in [-0.25, -0.2) is 9.18 Å². The Bertz CT molecular complexity index is 491. The monoisotopic (exact) mass is 264 g/mol. The molecule has 1 heterocycles. The molecule has 0 fully saturated rings. The number of hydrogen-bond donors (Lipinski definition) is 0. The van der Waals surface area contributed by atoms with E-state index in [0.29, 0.717) is 6.42 Å². The highest BCUT2D eigenvalue weighted by Gasteiger charge is 2.31. The zero-order valence-electron chi connectivity index (χ0n) is 11.3. The molecule has 1 amide bonds. The van der Waals surface area contributed by atoms with Gasteiger partial charge in [-0.2, -0.15) is 10.1 Å². The molecule has 4 nitrogen and oxygen atoms in total. The zero-order valence-corrected chi connectivity index (χ0v) is 11.3. The van der Waals surface area contributed by atoms with Crippen molar-refractivity contribution in [1.29, 1.82) is 0 Å². The van der Waals surface area contributed by atoms with E-state index >= 15 is 0 Å². The molecule has 0 bridgehead atoms. The quantitative estimate of drug-likeness (QED) is 0.779. The number of amides is 1. The van der Waals surface area contributed by atoms with Gasteiger partial charge in [0.1, 0.15) is 11.4 Å². The summed E-state index contributed by atoms with van der Waals surface area (Å²) in [7, 11) is 0. The number of ether oxygens (including phenoxy) is 1. The van der Waals surface area contributed by atoms with Gasteiger partial charge in [0.2, 0.25) is 0 Å². The Labute approximate surface area is 111 Å². The first-order valence-corrected chi connectivity index (χ1v) is 6.17. The number of hydrogen-bond acceptors (Lipinski definition) is 3. The first kappa shape index (κ1) is 13.5. The van der Waals surface area contributed by atoms with E-state index in [9.17, 15) is 9.18 Å². The van der Waals surface area contributed by atoms with Crippen molar-refractivity contribution in [2.24, 2.45) is 5.10 Å². The molecule has 0 aromatic heterocycles. The van der Waals surface area contributed by atoms with Crippen LogP contribution in [0, 0.1) is 5.82 Å². The maximum absolute atomic E-state index is 12.9. The van der Waals surface area contributed by atoms with E-state index in [1.54, 1.807) is 39.1 Å². The second kappa shape index (κ2) is 4.99. The fourth-order valence-electron chi connectivity index (χ4n) is 1.86. The van der Waals surface area contributed by atoms with E-state index in [1.165, 1.54) is 17.1 Å². The molecular formula is C14H17FN2O2. The summed E-state index contributed by atoms with van der Waals surface area (Å²) in [6.45, 7) is 5.41. The molecule has 0 spiro atoms. The molecule has 0 radical (unpaired) electrons. The lowest BCUT2D eigenvalue weighted by Crippen LogP contribution is -2.34. The van der Waals surface area contributed by atoms with Crippen LogP contribution >= 0.6 is 0 Å². The minimum absolute atomic E-state index is 0.226. The third kappa shape index (κ3) is 3.30. The van der Waals surface area contributed by atoms with Gasteiger partial charge in [-0.3, -0.25) is 0 Å². The highest BCUT2D eigenvalue weighted by Crippen LogP contribution is 2.29. The van der Waals surface area contributed by atoms with E-state index in [4.69, 9.17) is 4.74 Å². The molecule has 0 unspecified atom stereocenters. The van der Waals surface area contributed by atoms with Crippen LogP contribution in [0.4, 0.5) is 9.18 Å². The highest BCUT2D eigenvalue weighted by molar-refractivity contribution is 5.74. The summed E-state index contributed by atoms with van der Waals surface area (Å²) in [5.41, 5.74) is 0.271. The Kier molecular flexibility index (Phi) is 3.55. The molecule has 0 saturated carbocycles. The van der Waals surface area contributed by atoms with Crippen molar-refractivity contribution in [3.8, 4) is 0 Å². The number of nitrogens with zero attached hydrogens (tertiary/aromatic N) is 2. The van der Waals surface area contributed by atoms with Crippen LogP contribution in [0.25, 0.3) is 0 Å². The number of carbonyl (C=O) groups excluding carboxylic acids is 1. The van der Waals surface area contributed by atoms with Crippen LogP contribution in [0.1, 0.15) is 38.8 Å². The fourth-order valence-corrected chi connectivity index (χ4v) is 1.86. The van der Waals surface area contributed by atoms with Gasteiger partial charge in [0.25, 0.3) is 0 Å². The van der Waals surface area contributed by atoms with E-state index < -0.39 is 11.7 Å². The summed E-state index contributed by atoms with van der Waals surface area (Å²) < 4.78 is 18.2. The van der Waals surface area contributed by atoms with Gasteiger partial charge in [0.15, 0.2) is 0 Å². The summed E-state index contributed by atoms with van der Waals surface area (Å²) in [6.07, 6.45) is 1.78. The Hall–Kier alpha value is -1.91. The number of benzene rings is 1. The van der Waals surface area contributed by atoms with Gasteiger partial charge in [0, 0.05) is 12.6 Å². The minimum atomic E-state index is -0.567. The minimum Gasteiger partial charge on any atom is -0.442 e. The highest BCUT2D eigenvalue weighted by atomic mass is 19.1. The normalized spacial score (nSPS) is 18.7. The van der Waals surface area contributed by atoms with E-state index in [1.807, 2.05) is 0 Å². The Morgan fingerprint density at radius 3 is 2.58 bits per heavy atom. The smallest absolute Gasteiger partial charge is 0.431 e. The molecule has 1 aromatic carbocycles. The average Bonchev–Trinajstić information content (AvgIpc) is 2.76. The molecule has 19 heavy (non-hydrogen) atoms. The molecule has 102 valence electrons. The predicted molar refractivity (Wildman–Crippen MR) is 70.3 cm³/mol. The molecule has 1 aliphatic heterocycles. The molecule has 5 heteroatoms. The topological polar surface area (TPSA) is 41.9 Å². The van der Waals surface area contributed by atoms with E-state index in [-0.39, 0.29) is 11.9 Å². The summed E-state index contributed by atoms with van der Waals surface area (Å²) in [4.78, 5) is 12.0. The summed E-state index contributed by atoms with van der Waals surface area (Å²) >= 11 is 0. The Balaban J connectivity index is 2.14. The molecule has 1 aliphatic rings. The Morgan fingerprint density at radius 1 is 1.37 bits per heavy atom. The van der Waals surface area contributed by atoms with Gasteiger partial charge in [-0.05, 0) is 38.5 Å². The maximum atomic E-state index is 12.9. The first-order valence-electron chi connectivity index (χ1n) is 6.17. The van der Waals surface area contributed by atoms with Crippen molar-refractivity contribution in [3.05, 3.63) is 35.6 Å². The number of rotatable bonds is 1. The van der Waals surface area contributed by atoms with Crippen LogP contribution < -0.4 is 0 Å². The number of carbonyl (C=O) groups is 1. The maximum Gasteiger partial charge on any atom is 0.431 e. The van der Waals surface area contributed by atoms with Crippen molar-refractivity contribution in [1.82, 2.24) is 5.01 Å². The molecule has 0 N–H and O–H groups in total. The van der Waals surface area contributed by atoms with Crippen molar-refractivity contribution in [3.63, 3.8) is 0 Å². The van der Waals surface area contributed by atoms with Crippen molar-refractivity contribution < 1.29 is 13.9 Å². The number of halogens is 1. The van der Waals surface area contributed by atoms with Crippen LogP contribution in [0.2, 0.25) is 0 Å². The molecular weight excluding hydrogens is 247 g/mol. The van der Waals surface area contributed by atoms with Crippen LogP contribution in [-0.4, -0.2) is 22.9 Å². The van der Waals surface area contributed by atoms with Crippen molar-refractivity contribution >= 4 is 12.3 Å². The largest absolute Gasteiger partial charge is 0.442 e. The van der Waals surface area contributed by atoms with E-state index in [2.05, 4.69) is 5.10 Å². The first-order chi connectivity index (χ1) is 8.87. The molecule has 0 aliphatic carbocycles. The van der Waals surface area contributed by atoms with E-state index in [0.717, 1.165) is 5.56 Å². The number of hydrazone groups is 1. The van der Waals surface area contributed by atoms with Gasteiger partial charge in [-0.1, -0.05) is 12.1 Å². The van der Waals surface area contributed by atoms with Gasteiger partial charge in [0.05, 0.1) is 6.04 Å². The van der Waals surface area contributed by atoms with Crippen molar-refractivity contribution in [2.75, 3.05) is 0 Å². The molecule has 1 atom stereocenters. The predicted octanol–water partition coefficient (Wildman–Crippen LogP) is 3.49. The van der Waals surface area contributed by atoms with Gasteiger partial charge in [-0.15, -0.1) is 0 Å². The summed E-state index contributed by atoms with van der Waals surface area (Å²) in [5.74, 6) is -0.300.